The van der Waals surface area contributed by atoms with Gasteiger partial charge in [0, 0.05) is 22.9 Å². The van der Waals surface area contributed by atoms with Crippen molar-refractivity contribution in [1.29, 1.82) is 0 Å². The third-order valence-corrected chi connectivity index (χ3v) is 5.55. The van der Waals surface area contributed by atoms with E-state index in [-0.39, 0.29) is 6.10 Å². The molecule has 0 saturated carbocycles. The number of thioether (sulfide) groups is 1. The van der Waals surface area contributed by atoms with Crippen LogP contribution in [0.4, 0.5) is 10.1 Å². The number of esters is 1. The van der Waals surface area contributed by atoms with E-state index < -0.39 is 24.3 Å². The third kappa shape index (κ3) is 5.56. The van der Waals surface area contributed by atoms with Gasteiger partial charge >= 0.3 is 5.97 Å². The molecule has 7 heteroatoms. The van der Waals surface area contributed by atoms with E-state index in [1.54, 1.807) is 43.0 Å². The fraction of sp³-hybridized carbons (Fsp3) is 0.333. The Morgan fingerprint density at radius 2 is 2.11 bits per heavy atom. The van der Waals surface area contributed by atoms with Crippen molar-refractivity contribution in [3.8, 4) is 0 Å². The molecule has 1 heterocycles. The van der Waals surface area contributed by atoms with Crippen LogP contribution in [0.2, 0.25) is 0 Å². The molecule has 0 bridgehead atoms. The van der Waals surface area contributed by atoms with Gasteiger partial charge < -0.3 is 14.8 Å². The molecule has 1 aliphatic rings. The molecular weight excluding hydrogens is 381 g/mol. The molecule has 1 N–H and O–H groups in total. The average Bonchev–Trinajstić information content (AvgIpc) is 3.21. The number of nitrogens with one attached hydrogen (secondary N) is 1. The number of amides is 1. The summed E-state index contributed by atoms with van der Waals surface area (Å²) in [5.74, 6) is -0.738. The maximum atomic E-state index is 13.5. The number of carbonyl (C=O) groups excluding carboxylic acids is 2. The molecule has 0 spiro atoms. The summed E-state index contributed by atoms with van der Waals surface area (Å²) in [6, 6.07) is 11.5. The van der Waals surface area contributed by atoms with Gasteiger partial charge in [-0.3, -0.25) is 4.79 Å². The zero-order chi connectivity index (χ0) is 19.9. The zero-order valence-corrected chi connectivity index (χ0v) is 16.4. The molecule has 28 heavy (non-hydrogen) atoms. The van der Waals surface area contributed by atoms with Crippen LogP contribution in [-0.2, 0) is 14.3 Å². The molecule has 0 unspecified atom stereocenters. The van der Waals surface area contributed by atoms with Gasteiger partial charge in [0.25, 0.3) is 5.91 Å². The van der Waals surface area contributed by atoms with E-state index in [2.05, 4.69) is 5.32 Å². The highest BCUT2D eigenvalue weighted by Crippen LogP contribution is 2.27. The molecule has 2 aromatic carbocycles. The number of ether oxygens (including phenoxy) is 2. The van der Waals surface area contributed by atoms with Gasteiger partial charge in [0.05, 0.1) is 11.7 Å². The molecule has 1 saturated heterocycles. The summed E-state index contributed by atoms with van der Waals surface area (Å²) in [5.41, 5.74) is 1.22. The summed E-state index contributed by atoms with van der Waals surface area (Å²) in [4.78, 5) is 25.2. The Balaban J connectivity index is 1.53. The van der Waals surface area contributed by atoms with Gasteiger partial charge in [-0.05, 0) is 49.6 Å². The van der Waals surface area contributed by atoms with Crippen LogP contribution in [-0.4, -0.2) is 36.9 Å². The number of halogens is 1. The van der Waals surface area contributed by atoms with Gasteiger partial charge in [0.15, 0.2) is 6.61 Å². The highest BCUT2D eigenvalue weighted by atomic mass is 32.2. The first kappa shape index (κ1) is 20.4. The predicted molar refractivity (Wildman–Crippen MR) is 106 cm³/mol. The fourth-order valence-corrected chi connectivity index (χ4v) is 3.91. The van der Waals surface area contributed by atoms with Crippen LogP contribution in [0, 0.1) is 12.7 Å². The molecule has 0 radical (unpaired) electrons. The Bertz CT molecular complexity index is 852. The van der Waals surface area contributed by atoms with Crippen molar-refractivity contribution in [2.24, 2.45) is 0 Å². The summed E-state index contributed by atoms with van der Waals surface area (Å²) in [6.07, 6.45) is 2.30. The molecule has 0 aromatic heterocycles. The quantitative estimate of drug-likeness (QED) is 0.554. The Morgan fingerprint density at radius 1 is 1.29 bits per heavy atom. The minimum atomic E-state index is -0.569. The number of rotatable bonds is 7. The van der Waals surface area contributed by atoms with E-state index in [4.69, 9.17) is 9.47 Å². The smallest absolute Gasteiger partial charge is 0.339 e. The van der Waals surface area contributed by atoms with E-state index in [0.29, 0.717) is 16.8 Å². The van der Waals surface area contributed by atoms with Crippen LogP contribution in [0.3, 0.4) is 0 Å². The van der Waals surface area contributed by atoms with Gasteiger partial charge in [0.1, 0.15) is 5.82 Å². The molecule has 5 nitrogen and oxygen atoms in total. The predicted octanol–water partition coefficient (Wildman–Crippen LogP) is 4.20. The Hall–Kier alpha value is -2.38. The standard InChI is InChI=1S/C21H22FNO4S/c1-14-8-9-15(11-18(14)22)23-20(24)12-27-21(25)17-6-2-3-7-19(17)28-13-16-5-4-10-26-16/h2-3,6-9,11,16H,4-5,10,12-13H2,1H3,(H,23,24)/t16-/m1/s1. The monoisotopic (exact) mass is 403 g/mol. The molecule has 2 aromatic rings. The topological polar surface area (TPSA) is 64.6 Å². The number of aryl methyl sites for hydroxylation is 1. The van der Waals surface area contributed by atoms with Crippen LogP contribution in [0.15, 0.2) is 47.4 Å². The van der Waals surface area contributed by atoms with Gasteiger partial charge in [-0.25, -0.2) is 9.18 Å². The lowest BCUT2D eigenvalue weighted by Crippen LogP contribution is -2.21. The molecule has 1 atom stereocenters. The van der Waals surface area contributed by atoms with Gasteiger partial charge in [0.2, 0.25) is 0 Å². The zero-order valence-electron chi connectivity index (χ0n) is 15.6. The lowest BCUT2D eigenvalue weighted by atomic mass is 10.2. The first-order valence-corrected chi connectivity index (χ1v) is 10.1. The normalized spacial score (nSPS) is 16.0. The molecule has 1 aliphatic heterocycles. The van der Waals surface area contributed by atoms with E-state index >= 15 is 0 Å². The minimum absolute atomic E-state index is 0.203. The highest BCUT2D eigenvalue weighted by molar-refractivity contribution is 7.99. The summed E-state index contributed by atoms with van der Waals surface area (Å²) < 4.78 is 24.3. The molecular formula is C21H22FNO4S. The summed E-state index contributed by atoms with van der Waals surface area (Å²) in [6.45, 7) is 1.98. The van der Waals surface area contributed by atoms with Crippen LogP contribution in [0.5, 0.6) is 0 Å². The largest absolute Gasteiger partial charge is 0.452 e. The molecule has 1 amide bonds. The highest BCUT2D eigenvalue weighted by Gasteiger charge is 2.19. The first-order valence-electron chi connectivity index (χ1n) is 9.09. The number of benzene rings is 2. The average molecular weight is 403 g/mol. The van der Waals surface area contributed by atoms with Crippen molar-refractivity contribution >= 4 is 29.3 Å². The summed E-state index contributed by atoms with van der Waals surface area (Å²) in [5, 5.41) is 2.52. The second kappa shape index (κ2) is 9.71. The first-order chi connectivity index (χ1) is 13.5. The SMILES string of the molecule is Cc1ccc(NC(=O)COC(=O)c2ccccc2SC[C@H]2CCCO2)cc1F. The van der Waals surface area contributed by atoms with Crippen LogP contribution < -0.4 is 5.32 Å². The second-order valence-corrected chi connectivity index (χ2v) is 7.59. The Morgan fingerprint density at radius 3 is 2.86 bits per heavy atom. The van der Waals surface area contributed by atoms with Crippen molar-refractivity contribution in [1.82, 2.24) is 0 Å². The van der Waals surface area contributed by atoms with E-state index in [1.165, 1.54) is 6.07 Å². The van der Waals surface area contributed by atoms with Crippen molar-refractivity contribution in [3.63, 3.8) is 0 Å². The van der Waals surface area contributed by atoms with Crippen LogP contribution in [0.25, 0.3) is 0 Å². The van der Waals surface area contributed by atoms with Crippen LogP contribution in [0.1, 0.15) is 28.8 Å². The molecule has 0 aliphatic carbocycles. The number of carbonyl (C=O) groups is 2. The Labute approximate surface area is 167 Å². The van der Waals surface area contributed by atoms with E-state index in [1.807, 2.05) is 12.1 Å². The van der Waals surface area contributed by atoms with Crippen molar-refractivity contribution in [2.45, 2.75) is 30.8 Å². The van der Waals surface area contributed by atoms with Crippen LogP contribution >= 0.6 is 11.8 Å². The summed E-state index contributed by atoms with van der Waals surface area (Å²) >= 11 is 1.54. The molecule has 1 fully saturated rings. The van der Waals surface area contributed by atoms with Gasteiger partial charge in [-0.15, -0.1) is 11.8 Å². The van der Waals surface area contributed by atoms with Gasteiger partial charge in [-0.1, -0.05) is 18.2 Å². The number of hydrogen-bond acceptors (Lipinski definition) is 5. The minimum Gasteiger partial charge on any atom is -0.452 e. The van der Waals surface area contributed by atoms with Crippen molar-refractivity contribution in [2.75, 3.05) is 24.3 Å². The Kier molecular flexibility index (Phi) is 7.06. The molecule has 148 valence electrons. The van der Waals surface area contributed by atoms with E-state index in [0.717, 1.165) is 30.1 Å². The number of hydrogen-bond donors (Lipinski definition) is 1. The maximum absolute atomic E-state index is 13.5. The summed E-state index contributed by atoms with van der Waals surface area (Å²) in [7, 11) is 0. The third-order valence-electron chi connectivity index (χ3n) is 4.35. The lowest BCUT2D eigenvalue weighted by molar-refractivity contribution is -0.119. The number of anilines is 1. The van der Waals surface area contributed by atoms with E-state index in [9.17, 15) is 14.0 Å². The van der Waals surface area contributed by atoms with Gasteiger partial charge in [-0.2, -0.15) is 0 Å². The second-order valence-electron chi connectivity index (χ2n) is 6.53. The lowest BCUT2D eigenvalue weighted by Gasteiger charge is -2.12. The van der Waals surface area contributed by atoms with Crippen molar-refractivity contribution in [3.05, 3.63) is 59.4 Å². The fourth-order valence-electron chi connectivity index (χ4n) is 2.80. The van der Waals surface area contributed by atoms with Crippen molar-refractivity contribution < 1.29 is 23.5 Å². The molecule has 3 rings (SSSR count). The maximum Gasteiger partial charge on any atom is 0.339 e.